The van der Waals surface area contributed by atoms with Gasteiger partial charge in [0.1, 0.15) is 17.6 Å². The molecule has 156 valence electrons. The Morgan fingerprint density at radius 2 is 2.13 bits per heavy atom. The van der Waals surface area contributed by atoms with Gasteiger partial charge in [-0.1, -0.05) is 32.0 Å². The van der Waals surface area contributed by atoms with E-state index >= 15 is 0 Å². The molecule has 1 aliphatic heterocycles. The van der Waals surface area contributed by atoms with Crippen molar-refractivity contribution in [2.45, 2.75) is 39.2 Å². The summed E-state index contributed by atoms with van der Waals surface area (Å²) in [5, 5.41) is 4.50. The second-order valence-corrected chi connectivity index (χ2v) is 7.80. The maximum absolute atomic E-state index is 13.2. The summed E-state index contributed by atoms with van der Waals surface area (Å²) in [6.45, 7) is 4.71. The Balaban J connectivity index is 1.76. The Hall–Kier alpha value is -3.42. The molecule has 0 saturated carbocycles. The summed E-state index contributed by atoms with van der Waals surface area (Å²) in [4.78, 5) is 25.5. The van der Waals surface area contributed by atoms with Crippen LogP contribution in [0.5, 0.6) is 0 Å². The van der Waals surface area contributed by atoms with E-state index in [1.165, 1.54) is 0 Å². The summed E-state index contributed by atoms with van der Waals surface area (Å²) in [7, 11) is 0. The van der Waals surface area contributed by atoms with Crippen molar-refractivity contribution in [2.24, 2.45) is 22.4 Å². The summed E-state index contributed by atoms with van der Waals surface area (Å²) < 4.78 is 1.73. The van der Waals surface area contributed by atoms with Crippen LogP contribution in [0.4, 0.5) is 5.82 Å². The largest absolute Gasteiger partial charge is 0.370 e. The SMILES string of the molecule is CCC(C)C1Nc2c(CCCN=C(N)N)nc(-c3c[nH]c4ccccc34)c[n+]2C1=O. The molecule has 2 unspecified atom stereocenters. The Labute approximate surface area is 175 Å². The zero-order chi connectivity index (χ0) is 21.3. The van der Waals surface area contributed by atoms with Crippen molar-refractivity contribution in [3.63, 3.8) is 0 Å². The molecule has 3 aromatic rings. The predicted molar refractivity (Wildman–Crippen MR) is 118 cm³/mol. The van der Waals surface area contributed by atoms with E-state index in [0.29, 0.717) is 13.0 Å². The van der Waals surface area contributed by atoms with E-state index in [-0.39, 0.29) is 23.8 Å². The summed E-state index contributed by atoms with van der Waals surface area (Å²) >= 11 is 0. The highest BCUT2D eigenvalue weighted by atomic mass is 16.2. The molecule has 4 rings (SSSR count). The van der Waals surface area contributed by atoms with Crippen molar-refractivity contribution >= 4 is 28.6 Å². The van der Waals surface area contributed by atoms with Gasteiger partial charge in [0.15, 0.2) is 12.0 Å². The highest BCUT2D eigenvalue weighted by Crippen LogP contribution is 2.29. The lowest BCUT2D eigenvalue weighted by Crippen LogP contribution is -2.45. The minimum absolute atomic E-state index is 0.0633. The number of para-hydroxylation sites is 1. The van der Waals surface area contributed by atoms with E-state index in [2.05, 4.69) is 35.2 Å². The normalized spacial score (nSPS) is 16.3. The van der Waals surface area contributed by atoms with Crippen molar-refractivity contribution in [3.05, 3.63) is 42.4 Å². The number of hydrogen-bond donors (Lipinski definition) is 4. The average Bonchev–Trinajstić information content (AvgIpc) is 3.32. The molecule has 0 bridgehead atoms. The smallest absolute Gasteiger partial charge is 0.359 e. The molecule has 1 aliphatic rings. The number of hydrogen-bond acceptors (Lipinski definition) is 4. The summed E-state index contributed by atoms with van der Waals surface area (Å²) in [6.07, 6.45) is 6.11. The number of nitrogens with one attached hydrogen (secondary N) is 2. The zero-order valence-electron chi connectivity index (χ0n) is 17.4. The van der Waals surface area contributed by atoms with Crippen LogP contribution in [0.15, 0.2) is 41.7 Å². The molecule has 0 aliphatic carbocycles. The molecule has 0 amide bonds. The van der Waals surface area contributed by atoms with Crippen LogP contribution >= 0.6 is 0 Å². The van der Waals surface area contributed by atoms with Gasteiger partial charge in [0.05, 0.1) is 0 Å². The quantitative estimate of drug-likeness (QED) is 0.207. The molecule has 0 fully saturated rings. The first-order valence-corrected chi connectivity index (χ1v) is 10.4. The van der Waals surface area contributed by atoms with Gasteiger partial charge in [-0.15, -0.1) is 0 Å². The maximum Gasteiger partial charge on any atom is 0.359 e. The lowest BCUT2D eigenvalue weighted by atomic mass is 9.99. The van der Waals surface area contributed by atoms with Crippen LogP contribution < -0.4 is 21.4 Å². The van der Waals surface area contributed by atoms with E-state index in [4.69, 9.17) is 16.5 Å². The number of carbonyl (C=O) groups excluding carboxylic acids is 1. The number of nitrogens with zero attached hydrogens (tertiary/aromatic N) is 3. The Morgan fingerprint density at radius 3 is 2.90 bits per heavy atom. The number of benzene rings is 1. The van der Waals surface area contributed by atoms with Crippen LogP contribution in [0.3, 0.4) is 0 Å². The number of fused-ring (bicyclic) bond motifs is 2. The first-order chi connectivity index (χ1) is 14.5. The Morgan fingerprint density at radius 1 is 1.33 bits per heavy atom. The number of aryl methyl sites for hydroxylation is 1. The van der Waals surface area contributed by atoms with E-state index in [9.17, 15) is 4.79 Å². The van der Waals surface area contributed by atoms with Gasteiger partial charge in [-0.25, -0.2) is 9.78 Å². The summed E-state index contributed by atoms with van der Waals surface area (Å²) in [5.41, 5.74) is 14.5. The third kappa shape index (κ3) is 3.60. The van der Waals surface area contributed by atoms with Gasteiger partial charge in [0.2, 0.25) is 0 Å². The molecular formula is C22H28N7O+. The van der Waals surface area contributed by atoms with E-state index in [1.807, 2.05) is 30.6 Å². The highest BCUT2D eigenvalue weighted by molar-refractivity contribution is 5.94. The van der Waals surface area contributed by atoms with Crippen LogP contribution in [0.1, 0.15) is 37.2 Å². The maximum atomic E-state index is 13.2. The third-order valence-electron chi connectivity index (χ3n) is 5.76. The fourth-order valence-corrected chi connectivity index (χ4v) is 3.90. The van der Waals surface area contributed by atoms with Crippen molar-refractivity contribution in [3.8, 4) is 11.3 Å². The van der Waals surface area contributed by atoms with E-state index in [0.717, 1.165) is 46.5 Å². The van der Waals surface area contributed by atoms with Crippen LogP contribution in [-0.4, -0.2) is 34.4 Å². The number of nitrogens with two attached hydrogens (primary N) is 2. The number of H-pyrrole nitrogens is 1. The van der Waals surface area contributed by atoms with E-state index < -0.39 is 0 Å². The average molecular weight is 407 g/mol. The van der Waals surface area contributed by atoms with E-state index in [1.54, 1.807) is 4.57 Å². The number of carbonyl (C=O) groups is 1. The molecule has 30 heavy (non-hydrogen) atoms. The molecule has 2 aromatic heterocycles. The Bertz CT molecular complexity index is 1110. The number of anilines is 1. The lowest BCUT2D eigenvalue weighted by Gasteiger charge is -2.09. The number of aromatic nitrogens is 3. The van der Waals surface area contributed by atoms with Crippen LogP contribution in [-0.2, 0) is 6.42 Å². The minimum atomic E-state index is -0.244. The van der Waals surface area contributed by atoms with Gasteiger partial charge in [0, 0.05) is 35.1 Å². The summed E-state index contributed by atoms with van der Waals surface area (Å²) in [6, 6.07) is 7.84. The number of aromatic amines is 1. The molecule has 8 nitrogen and oxygen atoms in total. The van der Waals surface area contributed by atoms with Crippen LogP contribution in [0.2, 0.25) is 0 Å². The first kappa shape index (κ1) is 19.9. The zero-order valence-corrected chi connectivity index (χ0v) is 17.4. The van der Waals surface area contributed by atoms with Gasteiger partial charge < -0.3 is 16.5 Å². The fourth-order valence-electron chi connectivity index (χ4n) is 3.90. The minimum Gasteiger partial charge on any atom is -0.370 e. The molecule has 2 atom stereocenters. The van der Waals surface area contributed by atoms with Crippen molar-refractivity contribution < 1.29 is 9.36 Å². The van der Waals surface area contributed by atoms with Crippen LogP contribution in [0, 0.1) is 5.92 Å². The summed E-state index contributed by atoms with van der Waals surface area (Å²) in [5.74, 6) is 1.15. The molecule has 0 saturated heterocycles. The molecular weight excluding hydrogens is 378 g/mol. The second kappa shape index (κ2) is 8.14. The molecule has 6 N–H and O–H groups in total. The molecule has 1 aromatic carbocycles. The number of guanidine groups is 1. The Kier molecular flexibility index (Phi) is 5.39. The highest BCUT2D eigenvalue weighted by Gasteiger charge is 2.43. The van der Waals surface area contributed by atoms with Gasteiger partial charge in [0.25, 0.3) is 0 Å². The molecule has 0 radical (unpaired) electrons. The van der Waals surface area contributed by atoms with Crippen molar-refractivity contribution in [1.29, 1.82) is 0 Å². The molecule has 3 heterocycles. The standard InChI is InChI=1S/C22H27N7O/c1-3-13(2)19-21(30)29-12-18(15-11-26-16-8-5-4-7-14(15)16)27-17(20(29)28-19)9-6-10-25-22(23)24/h4-5,7-8,11-13,19,26H,3,6,9-10H2,1-2H3,(H4,23,24,25)/p+1. The third-order valence-corrected chi connectivity index (χ3v) is 5.76. The topological polar surface area (TPSA) is 126 Å². The van der Waals surface area contributed by atoms with Gasteiger partial charge in [-0.05, 0) is 25.3 Å². The van der Waals surface area contributed by atoms with Crippen molar-refractivity contribution in [1.82, 2.24) is 9.97 Å². The van der Waals surface area contributed by atoms with Gasteiger partial charge in [-0.2, -0.15) is 4.57 Å². The first-order valence-electron chi connectivity index (χ1n) is 10.4. The monoisotopic (exact) mass is 406 g/mol. The van der Waals surface area contributed by atoms with Crippen LogP contribution in [0.25, 0.3) is 22.2 Å². The fraction of sp³-hybridized carbons (Fsp3) is 0.364. The lowest BCUT2D eigenvalue weighted by molar-refractivity contribution is -0.553. The van der Waals surface area contributed by atoms with Crippen molar-refractivity contribution in [2.75, 3.05) is 11.9 Å². The molecule has 0 spiro atoms. The van der Waals surface area contributed by atoms with Gasteiger partial charge in [-0.3, -0.25) is 10.3 Å². The number of aliphatic imine (C=N–C) groups is 1. The molecule has 8 heteroatoms. The van der Waals surface area contributed by atoms with Gasteiger partial charge >= 0.3 is 11.7 Å². The predicted octanol–water partition coefficient (Wildman–Crippen LogP) is 2.20. The number of rotatable bonds is 7. The second-order valence-electron chi connectivity index (χ2n) is 7.80.